The van der Waals surface area contributed by atoms with E-state index in [-0.39, 0.29) is 0 Å². The highest BCUT2D eigenvalue weighted by atomic mass is 28.3. The summed E-state index contributed by atoms with van der Waals surface area (Å²) >= 11 is 0. The third-order valence-corrected chi connectivity index (χ3v) is 10.4. The van der Waals surface area contributed by atoms with Gasteiger partial charge in [-0.3, -0.25) is 0 Å². The van der Waals surface area contributed by atoms with Gasteiger partial charge in [-0.05, 0) is 23.6 Å². The summed E-state index contributed by atoms with van der Waals surface area (Å²) in [4.78, 5) is 6.61. The highest BCUT2D eigenvalue weighted by molar-refractivity contribution is 6.91. The number of benzene rings is 1. The van der Waals surface area contributed by atoms with Gasteiger partial charge < -0.3 is 4.98 Å². The number of hydrogen-bond acceptors (Lipinski definition) is 1. The Morgan fingerprint density at radius 1 is 1.14 bits per heavy atom. The Labute approximate surface area is 127 Å². The fraction of sp³-hybridized carbons (Fsp3) is 0.500. The Hall–Kier alpha value is -1.71. The second-order valence-electron chi connectivity index (χ2n) is 5.57. The first-order valence-electron chi connectivity index (χ1n) is 7.83. The minimum absolute atomic E-state index is 0.535. The highest BCUT2D eigenvalue weighted by Gasteiger charge is 2.33. The van der Waals surface area contributed by atoms with Gasteiger partial charge in [-0.1, -0.05) is 62.2 Å². The molecule has 1 heterocycles. The minimum Gasteiger partial charge on any atom is -0.362 e. The SMILES string of the molecule is CC[Si](CC)(CC)c1[nH]c2ccccc2c1CCN=[N+]=[N-]. The monoisotopic (exact) mass is 300 g/mol. The zero-order chi connectivity index (χ0) is 15.3. The Balaban J connectivity index is 2.60. The zero-order valence-corrected chi connectivity index (χ0v) is 14.2. The molecule has 0 aliphatic carbocycles. The summed E-state index contributed by atoms with van der Waals surface area (Å²) in [7, 11) is -1.47. The van der Waals surface area contributed by atoms with Gasteiger partial charge in [-0.15, -0.1) is 0 Å². The number of rotatable bonds is 7. The maximum absolute atomic E-state index is 8.54. The van der Waals surface area contributed by atoms with E-state index >= 15 is 0 Å². The predicted octanol–water partition coefficient (Wildman–Crippen LogP) is 4.74. The molecule has 0 saturated heterocycles. The second-order valence-corrected chi connectivity index (χ2v) is 10.8. The first kappa shape index (κ1) is 15.7. The number of para-hydroxylation sites is 1. The molecule has 1 aromatic carbocycles. The van der Waals surface area contributed by atoms with Gasteiger partial charge in [-0.25, -0.2) is 0 Å². The summed E-state index contributed by atoms with van der Waals surface area (Å²) in [5.74, 6) is 0. The van der Waals surface area contributed by atoms with E-state index in [1.54, 1.807) is 0 Å². The molecule has 1 N–H and O–H groups in total. The van der Waals surface area contributed by atoms with Gasteiger partial charge in [0.05, 0.1) is 0 Å². The van der Waals surface area contributed by atoms with E-state index < -0.39 is 8.07 Å². The molecule has 1 aromatic heterocycles. The van der Waals surface area contributed by atoms with Crippen LogP contribution in [0.15, 0.2) is 29.4 Å². The molecule has 112 valence electrons. The van der Waals surface area contributed by atoms with Gasteiger partial charge in [0, 0.05) is 27.7 Å². The Bertz CT molecular complexity index is 643. The number of H-pyrrole nitrogens is 1. The molecule has 0 amide bonds. The van der Waals surface area contributed by atoms with Crippen LogP contribution in [0, 0.1) is 0 Å². The molecule has 0 unspecified atom stereocenters. The molecule has 5 heteroatoms. The summed E-state index contributed by atoms with van der Waals surface area (Å²) in [6.45, 7) is 7.50. The van der Waals surface area contributed by atoms with Crippen LogP contribution in [0.1, 0.15) is 26.3 Å². The van der Waals surface area contributed by atoms with Crippen LogP contribution < -0.4 is 5.32 Å². The van der Waals surface area contributed by atoms with Gasteiger partial charge in [0.25, 0.3) is 0 Å². The summed E-state index contributed by atoms with van der Waals surface area (Å²) in [6.07, 6.45) is 0.832. The lowest BCUT2D eigenvalue weighted by molar-refractivity contribution is 0.966. The third-order valence-electron chi connectivity index (χ3n) is 4.90. The molecule has 2 rings (SSSR count). The minimum atomic E-state index is -1.47. The van der Waals surface area contributed by atoms with Crippen molar-refractivity contribution in [2.24, 2.45) is 5.11 Å². The lowest BCUT2D eigenvalue weighted by atomic mass is 10.1. The molecule has 0 aliphatic heterocycles. The molecule has 2 aromatic rings. The van der Waals surface area contributed by atoms with Crippen LogP contribution in [0.2, 0.25) is 18.1 Å². The number of aromatic amines is 1. The number of azide groups is 1. The van der Waals surface area contributed by atoms with Crippen LogP contribution in [-0.4, -0.2) is 19.6 Å². The molecule has 4 nitrogen and oxygen atoms in total. The smallest absolute Gasteiger partial charge is 0.107 e. The second kappa shape index (κ2) is 6.83. The maximum Gasteiger partial charge on any atom is 0.107 e. The molecule has 0 fully saturated rings. The fourth-order valence-electron chi connectivity index (χ4n) is 3.40. The van der Waals surface area contributed by atoms with E-state index in [1.807, 2.05) is 0 Å². The molecule has 21 heavy (non-hydrogen) atoms. The van der Waals surface area contributed by atoms with E-state index in [0.717, 1.165) is 6.42 Å². The summed E-state index contributed by atoms with van der Waals surface area (Å²) in [6, 6.07) is 12.2. The lowest BCUT2D eigenvalue weighted by Crippen LogP contribution is -2.48. The summed E-state index contributed by atoms with van der Waals surface area (Å²) in [5, 5.41) is 6.51. The van der Waals surface area contributed by atoms with E-state index in [9.17, 15) is 0 Å². The molecule has 0 spiro atoms. The molecule has 0 radical (unpaired) electrons. The van der Waals surface area contributed by atoms with Crippen molar-refractivity contribution < 1.29 is 0 Å². The molecule has 0 atom stereocenters. The van der Waals surface area contributed by atoms with Gasteiger partial charge in [0.1, 0.15) is 8.07 Å². The van der Waals surface area contributed by atoms with E-state index in [2.05, 4.69) is 60.0 Å². The highest BCUT2D eigenvalue weighted by Crippen LogP contribution is 2.26. The van der Waals surface area contributed by atoms with E-state index in [1.165, 1.54) is 39.9 Å². The lowest BCUT2D eigenvalue weighted by Gasteiger charge is -2.28. The van der Waals surface area contributed by atoms with Crippen molar-refractivity contribution in [3.63, 3.8) is 0 Å². The average Bonchev–Trinajstić information content (AvgIpc) is 2.90. The number of hydrogen-bond donors (Lipinski definition) is 1. The molecule has 0 aliphatic rings. The molecule has 0 bridgehead atoms. The standard InChI is InChI=1S/C16H24N4Si/c1-4-21(5-2,6-3)16-14(11-12-18-20-17)13-9-7-8-10-15(13)19-16/h7-10,19H,4-6,11-12H2,1-3H3. The third kappa shape index (κ3) is 2.85. The van der Waals surface area contributed by atoms with Crippen LogP contribution in [0.4, 0.5) is 0 Å². The number of aromatic nitrogens is 1. The van der Waals surface area contributed by atoms with Crippen molar-refractivity contribution in [2.75, 3.05) is 6.54 Å². The Kier molecular flexibility index (Phi) is 5.10. The van der Waals surface area contributed by atoms with Gasteiger partial charge in [0.2, 0.25) is 0 Å². The van der Waals surface area contributed by atoms with Crippen LogP contribution in [0.5, 0.6) is 0 Å². The normalized spacial score (nSPS) is 11.6. The topological polar surface area (TPSA) is 64.5 Å². The van der Waals surface area contributed by atoms with Crippen molar-refractivity contribution >= 4 is 24.3 Å². The zero-order valence-electron chi connectivity index (χ0n) is 13.2. The molecule has 0 saturated carbocycles. The Morgan fingerprint density at radius 2 is 1.81 bits per heavy atom. The maximum atomic E-state index is 8.54. The predicted molar refractivity (Wildman–Crippen MR) is 92.8 cm³/mol. The first-order chi connectivity index (χ1) is 10.2. The summed E-state index contributed by atoms with van der Waals surface area (Å²) in [5.41, 5.74) is 11.1. The fourth-order valence-corrected chi connectivity index (χ4v) is 7.26. The average molecular weight is 300 g/mol. The van der Waals surface area contributed by atoms with Crippen LogP contribution >= 0.6 is 0 Å². The van der Waals surface area contributed by atoms with Gasteiger partial charge in [-0.2, -0.15) is 0 Å². The molecular weight excluding hydrogens is 276 g/mol. The van der Waals surface area contributed by atoms with Gasteiger partial charge >= 0.3 is 0 Å². The van der Waals surface area contributed by atoms with E-state index in [0.29, 0.717) is 6.54 Å². The molecular formula is C16H24N4Si. The quantitative estimate of drug-likeness (QED) is 0.332. The van der Waals surface area contributed by atoms with Crippen molar-refractivity contribution in [1.29, 1.82) is 0 Å². The van der Waals surface area contributed by atoms with Crippen molar-refractivity contribution in [2.45, 2.75) is 45.3 Å². The first-order valence-corrected chi connectivity index (χ1v) is 10.5. The van der Waals surface area contributed by atoms with Crippen LogP contribution in [0.3, 0.4) is 0 Å². The van der Waals surface area contributed by atoms with Crippen molar-refractivity contribution in [3.05, 3.63) is 40.3 Å². The van der Waals surface area contributed by atoms with Crippen LogP contribution in [-0.2, 0) is 6.42 Å². The Morgan fingerprint density at radius 3 is 2.43 bits per heavy atom. The largest absolute Gasteiger partial charge is 0.362 e. The van der Waals surface area contributed by atoms with Crippen molar-refractivity contribution in [3.8, 4) is 0 Å². The number of fused-ring (bicyclic) bond motifs is 1. The summed E-state index contributed by atoms with van der Waals surface area (Å²) < 4.78 is 0. The van der Waals surface area contributed by atoms with Gasteiger partial charge in [0.15, 0.2) is 0 Å². The van der Waals surface area contributed by atoms with Crippen LogP contribution in [0.25, 0.3) is 21.3 Å². The number of nitrogens with zero attached hydrogens (tertiary/aromatic N) is 3. The number of nitrogens with one attached hydrogen (secondary N) is 1. The van der Waals surface area contributed by atoms with E-state index in [4.69, 9.17) is 5.53 Å². The van der Waals surface area contributed by atoms with Crippen molar-refractivity contribution in [1.82, 2.24) is 4.98 Å².